The molecule has 10 heteroatoms. The quantitative estimate of drug-likeness (QED) is 0.511. The number of benzene rings is 2. The van der Waals surface area contributed by atoms with Crippen molar-refractivity contribution in [2.24, 2.45) is 0 Å². The van der Waals surface area contributed by atoms with Gasteiger partial charge in [0.25, 0.3) is 11.8 Å². The van der Waals surface area contributed by atoms with Crippen molar-refractivity contribution in [3.63, 3.8) is 0 Å². The van der Waals surface area contributed by atoms with Crippen molar-refractivity contribution in [2.45, 2.75) is 25.9 Å². The monoisotopic (exact) mass is 495 g/mol. The van der Waals surface area contributed by atoms with E-state index in [1.807, 2.05) is 24.0 Å². The minimum Gasteiger partial charge on any atom is -0.497 e. The average molecular weight is 496 g/mol. The van der Waals surface area contributed by atoms with Crippen LogP contribution in [0.1, 0.15) is 25.0 Å². The van der Waals surface area contributed by atoms with Crippen molar-refractivity contribution in [1.82, 2.24) is 25.6 Å². The Balaban J connectivity index is 1.27. The fourth-order valence-electron chi connectivity index (χ4n) is 4.45. The lowest BCUT2D eigenvalue weighted by Gasteiger charge is -2.34. The number of rotatable bonds is 9. The van der Waals surface area contributed by atoms with Crippen LogP contribution in [0.15, 0.2) is 48.5 Å². The third-order valence-corrected chi connectivity index (χ3v) is 6.55. The van der Waals surface area contributed by atoms with Gasteiger partial charge in [-0.05, 0) is 49.2 Å². The van der Waals surface area contributed by atoms with Gasteiger partial charge in [0.1, 0.15) is 17.0 Å². The Morgan fingerprint density at radius 3 is 2.39 bits per heavy atom. The highest BCUT2D eigenvalue weighted by Gasteiger charge is 2.50. The third kappa shape index (κ3) is 5.60. The number of ether oxygens (including phenoxy) is 2. The minimum absolute atomic E-state index is 0.101. The molecule has 0 spiro atoms. The zero-order valence-electron chi connectivity index (χ0n) is 21.0. The van der Waals surface area contributed by atoms with Gasteiger partial charge in [0, 0.05) is 32.7 Å². The molecule has 0 aliphatic carbocycles. The van der Waals surface area contributed by atoms with E-state index >= 15 is 0 Å². The predicted octanol–water partition coefficient (Wildman–Crippen LogP) is 1.71. The molecule has 2 aromatic carbocycles. The Labute approximate surface area is 211 Å². The second kappa shape index (κ2) is 11.0. The number of hydrazine groups is 1. The number of hydrogen-bond donors (Lipinski definition) is 2. The van der Waals surface area contributed by atoms with Gasteiger partial charge < -0.3 is 14.8 Å². The van der Waals surface area contributed by atoms with E-state index in [0.717, 1.165) is 30.4 Å². The second-order valence-electron chi connectivity index (χ2n) is 9.09. The van der Waals surface area contributed by atoms with E-state index in [1.54, 1.807) is 31.2 Å². The first kappa shape index (κ1) is 25.5. The summed E-state index contributed by atoms with van der Waals surface area (Å²) in [6.07, 6.45) is 0. The first-order valence-corrected chi connectivity index (χ1v) is 12.1. The highest BCUT2D eigenvalue weighted by Crippen LogP contribution is 2.30. The van der Waals surface area contributed by atoms with Crippen LogP contribution in [0.4, 0.5) is 4.79 Å². The maximum atomic E-state index is 13.1. The average Bonchev–Trinajstić information content (AvgIpc) is 3.10. The molecule has 36 heavy (non-hydrogen) atoms. The molecule has 2 aliphatic heterocycles. The molecule has 2 aromatic rings. The van der Waals surface area contributed by atoms with Gasteiger partial charge in [-0.3, -0.25) is 24.8 Å². The van der Waals surface area contributed by atoms with E-state index in [-0.39, 0.29) is 6.54 Å². The smallest absolute Gasteiger partial charge is 0.344 e. The van der Waals surface area contributed by atoms with Gasteiger partial charge in [-0.1, -0.05) is 24.3 Å². The molecule has 2 saturated heterocycles. The Morgan fingerprint density at radius 2 is 1.72 bits per heavy atom. The minimum atomic E-state index is -1.30. The van der Waals surface area contributed by atoms with E-state index in [9.17, 15) is 14.4 Å². The summed E-state index contributed by atoms with van der Waals surface area (Å²) in [5.74, 6) is 0.480. The number of methoxy groups -OCH3 is 1. The number of piperazine rings is 1. The van der Waals surface area contributed by atoms with Gasteiger partial charge in [-0.15, -0.1) is 0 Å². The lowest BCUT2D eigenvalue weighted by molar-refractivity contribution is -0.139. The highest BCUT2D eigenvalue weighted by molar-refractivity contribution is 6.08. The summed E-state index contributed by atoms with van der Waals surface area (Å²) in [7, 11) is 1.53. The van der Waals surface area contributed by atoms with E-state index in [2.05, 4.69) is 27.8 Å². The molecule has 10 nitrogen and oxygen atoms in total. The largest absolute Gasteiger partial charge is 0.497 e. The molecule has 0 aromatic heterocycles. The van der Waals surface area contributed by atoms with Gasteiger partial charge >= 0.3 is 6.03 Å². The SMILES string of the molecule is CCOc1ccc(CN2CCN(CC(=O)NN3C(=O)NC(C)(c4cccc(OC)c4)C3=O)CC2)cc1. The number of carbonyl (C=O) groups excluding carboxylic acids is 3. The van der Waals surface area contributed by atoms with Crippen molar-refractivity contribution in [2.75, 3.05) is 46.4 Å². The van der Waals surface area contributed by atoms with Crippen LogP contribution in [-0.4, -0.2) is 79.1 Å². The predicted molar refractivity (Wildman–Crippen MR) is 133 cm³/mol. The number of nitrogens with one attached hydrogen (secondary N) is 2. The van der Waals surface area contributed by atoms with Crippen molar-refractivity contribution in [3.05, 3.63) is 59.7 Å². The lowest BCUT2D eigenvalue weighted by atomic mass is 9.92. The number of carbonyl (C=O) groups is 3. The molecule has 2 N–H and O–H groups in total. The number of nitrogens with zero attached hydrogens (tertiary/aromatic N) is 3. The van der Waals surface area contributed by atoms with Crippen LogP contribution in [0.3, 0.4) is 0 Å². The zero-order chi connectivity index (χ0) is 25.7. The third-order valence-electron chi connectivity index (χ3n) is 6.55. The number of amides is 4. The molecule has 0 saturated carbocycles. The van der Waals surface area contributed by atoms with Crippen LogP contribution >= 0.6 is 0 Å². The van der Waals surface area contributed by atoms with E-state index < -0.39 is 23.4 Å². The van der Waals surface area contributed by atoms with Crippen molar-refractivity contribution >= 4 is 17.8 Å². The number of hydrogen-bond acceptors (Lipinski definition) is 7. The molecule has 0 radical (unpaired) electrons. The molecule has 1 atom stereocenters. The molecule has 4 amide bonds. The zero-order valence-corrected chi connectivity index (χ0v) is 21.0. The van der Waals surface area contributed by atoms with Crippen LogP contribution in [0.25, 0.3) is 0 Å². The maximum absolute atomic E-state index is 13.1. The normalized spacial score (nSPS) is 20.8. The van der Waals surface area contributed by atoms with Crippen LogP contribution < -0.4 is 20.2 Å². The summed E-state index contributed by atoms with van der Waals surface area (Å²) in [5, 5.41) is 3.45. The fraction of sp³-hybridized carbons (Fsp3) is 0.423. The summed E-state index contributed by atoms with van der Waals surface area (Å²) >= 11 is 0. The summed E-state index contributed by atoms with van der Waals surface area (Å²) in [5.41, 5.74) is 2.96. The molecule has 0 bridgehead atoms. The van der Waals surface area contributed by atoms with Crippen LogP contribution in [-0.2, 0) is 21.7 Å². The first-order valence-electron chi connectivity index (χ1n) is 12.1. The summed E-state index contributed by atoms with van der Waals surface area (Å²) in [4.78, 5) is 42.7. The molecule has 2 aliphatic rings. The topological polar surface area (TPSA) is 103 Å². The van der Waals surface area contributed by atoms with E-state index in [0.29, 0.717) is 31.0 Å². The summed E-state index contributed by atoms with van der Waals surface area (Å²) in [6.45, 7) is 8.21. The Bertz CT molecular complexity index is 1100. The molecule has 1 unspecified atom stereocenters. The lowest BCUT2D eigenvalue weighted by Crippen LogP contribution is -2.53. The summed E-state index contributed by atoms with van der Waals surface area (Å²) < 4.78 is 10.7. The Hall–Kier alpha value is -3.63. The molecule has 2 heterocycles. The van der Waals surface area contributed by atoms with Gasteiger partial charge in [-0.2, -0.15) is 5.01 Å². The fourth-order valence-corrected chi connectivity index (χ4v) is 4.45. The standard InChI is InChI=1S/C26H33N5O5/c1-4-36-21-10-8-19(9-11-21)17-29-12-14-30(15-13-29)18-23(32)28-31-24(33)26(2,27-25(31)34)20-6-5-7-22(16-20)35-3/h5-11,16H,4,12-15,17-18H2,1-3H3,(H,27,34)(H,28,32). The molecule has 2 fully saturated rings. The van der Waals surface area contributed by atoms with Gasteiger partial charge in [0.05, 0.1) is 20.3 Å². The first-order chi connectivity index (χ1) is 17.3. The van der Waals surface area contributed by atoms with Crippen LogP contribution in [0.2, 0.25) is 0 Å². The van der Waals surface area contributed by atoms with E-state index in [4.69, 9.17) is 9.47 Å². The van der Waals surface area contributed by atoms with Gasteiger partial charge in [-0.25, -0.2) is 4.79 Å². The van der Waals surface area contributed by atoms with E-state index in [1.165, 1.54) is 12.7 Å². The summed E-state index contributed by atoms with van der Waals surface area (Å²) in [6, 6.07) is 14.4. The van der Waals surface area contributed by atoms with Crippen molar-refractivity contribution < 1.29 is 23.9 Å². The molecule has 192 valence electrons. The number of urea groups is 1. The van der Waals surface area contributed by atoms with Gasteiger partial charge in [0.15, 0.2) is 0 Å². The molecular formula is C26H33N5O5. The van der Waals surface area contributed by atoms with Crippen molar-refractivity contribution in [1.29, 1.82) is 0 Å². The molecule has 4 rings (SSSR count). The van der Waals surface area contributed by atoms with Crippen molar-refractivity contribution in [3.8, 4) is 11.5 Å². The van der Waals surface area contributed by atoms with Crippen LogP contribution in [0.5, 0.6) is 11.5 Å². The van der Waals surface area contributed by atoms with Gasteiger partial charge in [0.2, 0.25) is 0 Å². The molecular weight excluding hydrogens is 462 g/mol. The highest BCUT2D eigenvalue weighted by atomic mass is 16.5. The second-order valence-corrected chi connectivity index (χ2v) is 9.09. The maximum Gasteiger partial charge on any atom is 0.344 e. The number of imide groups is 1. The Morgan fingerprint density at radius 1 is 1.03 bits per heavy atom. The Kier molecular flexibility index (Phi) is 7.76. The van der Waals surface area contributed by atoms with Crippen LogP contribution in [0, 0.1) is 0 Å².